The zero-order chi connectivity index (χ0) is 21.7. The third-order valence-electron chi connectivity index (χ3n) is 6.07. The van der Waals surface area contributed by atoms with Crippen LogP contribution in [0.5, 0.6) is 0 Å². The number of hydrogen-bond acceptors (Lipinski definition) is 7. The molecule has 2 aromatic rings. The van der Waals surface area contributed by atoms with Gasteiger partial charge in [0, 0.05) is 24.5 Å². The van der Waals surface area contributed by atoms with E-state index in [4.69, 9.17) is 21.0 Å². The van der Waals surface area contributed by atoms with Crippen molar-refractivity contribution >= 4 is 11.8 Å². The van der Waals surface area contributed by atoms with Gasteiger partial charge in [0.25, 0.3) is 0 Å². The molecular formula is C23H32N6O. The van der Waals surface area contributed by atoms with Gasteiger partial charge < -0.3 is 21.3 Å². The summed E-state index contributed by atoms with van der Waals surface area (Å²) < 4.78 is 5.69. The van der Waals surface area contributed by atoms with Crippen molar-refractivity contribution < 1.29 is 4.52 Å². The van der Waals surface area contributed by atoms with Crippen LogP contribution in [0.25, 0.3) is 5.57 Å². The van der Waals surface area contributed by atoms with Crippen LogP contribution >= 0.6 is 0 Å². The van der Waals surface area contributed by atoms with Gasteiger partial charge in [-0.3, -0.25) is 0 Å². The summed E-state index contributed by atoms with van der Waals surface area (Å²) in [5, 5.41) is 7.80. The number of piperidine rings is 1. The van der Waals surface area contributed by atoms with Crippen LogP contribution < -0.4 is 16.8 Å². The number of nitrogens with two attached hydrogens (primary N) is 2. The Labute approximate surface area is 178 Å². The second kappa shape index (κ2) is 9.26. The highest BCUT2D eigenvalue weighted by atomic mass is 16.5. The molecule has 0 saturated carbocycles. The van der Waals surface area contributed by atoms with Gasteiger partial charge in [-0.15, -0.1) is 0 Å². The summed E-state index contributed by atoms with van der Waals surface area (Å²) in [7, 11) is 0. The van der Waals surface area contributed by atoms with Crippen molar-refractivity contribution in [2.45, 2.75) is 44.9 Å². The molecule has 2 unspecified atom stereocenters. The van der Waals surface area contributed by atoms with Crippen molar-refractivity contribution in [3.05, 3.63) is 65.7 Å². The van der Waals surface area contributed by atoms with Crippen LogP contribution in [-0.4, -0.2) is 29.4 Å². The van der Waals surface area contributed by atoms with Crippen LogP contribution in [0.15, 0.2) is 52.4 Å². The van der Waals surface area contributed by atoms with Crippen LogP contribution in [0.4, 0.5) is 0 Å². The number of allylic oxidation sites excluding steroid dienone is 1. The zero-order valence-electron chi connectivity index (χ0n) is 18.1. The van der Waals surface area contributed by atoms with Gasteiger partial charge >= 0.3 is 0 Å². The molecule has 2 atom stereocenters. The smallest absolute Gasteiger partial charge is 0.231 e. The first kappa shape index (κ1) is 21.8. The van der Waals surface area contributed by atoms with Gasteiger partial charge in [0.05, 0.1) is 11.3 Å². The summed E-state index contributed by atoms with van der Waals surface area (Å²) in [6.45, 7) is 12.0. The number of nitrogens with zero attached hydrogens (tertiary/aromatic N) is 3. The first-order valence-corrected chi connectivity index (χ1v) is 10.4. The molecule has 0 aliphatic carbocycles. The van der Waals surface area contributed by atoms with Gasteiger partial charge in [-0.05, 0) is 43.4 Å². The summed E-state index contributed by atoms with van der Waals surface area (Å²) >= 11 is 0. The minimum Gasteiger partial charge on any atom is -0.404 e. The molecule has 1 aliphatic rings. The average Bonchev–Trinajstić information content (AvgIpc) is 3.25. The molecule has 3 rings (SSSR count). The van der Waals surface area contributed by atoms with E-state index in [-0.39, 0.29) is 23.1 Å². The molecule has 0 radical (unpaired) electrons. The molecule has 0 bridgehead atoms. The van der Waals surface area contributed by atoms with Crippen molar-refractivity contribution in [1.29, 1.82) is 0 Å². The Balaban J connectivity index is 1.90. The molecule has 30 heavy (non-hydrogen) atoms. The van der Waals surface area contributed by atoms with Gasteiger partial charge in [0.1, 0.15) is 5.82 Å². The van der Waals surface area contributed by atoms with E-state index in [0.717, 1.165) is 54.3 Å². The highest BCUT2D eigenvalue weighted by Gasteiger charge is 2.38. The molecule has 160 valence electrons. The fraction of sp³-hybridized carbons (Fsp3) is 0.435. The first-order chi connectivity index (χ1) is 14.4. The Morgan fingerprint density at radius 2 is 2.10 bits per heavy atom. The van der Waals surface area contributed by atoms with Crippen LogP contribution in [0.3, 0.4) is 0 Å². The van der Waals surface area contributed by atoms with Crippen molar-refractivity contribution in [2.75, 3.05) is 13.1 Å². The normalized spacial score (nSPS) is 19.9. The topological polar surface area (TPSA) is 115 Å². The van der Waals surface area contributed by atoms with Crippen LogP contribution in [0.2, 0.25) is 0 Å². The lowest BCUT2D eigenvalue weighted by atomic mass is 9.72. The summed E-state index contributed by atoms with van der Waals surface area (Å²) in [5.41, 5.74) is 13.7. The second-order valence-electron chi connectivity index (χ2n) is 8.31. The second-order valence-corrected chi connectivity index (χ2v) is 8.31. The lowest BCUT2D eigenvalue weighted by Crippen LogP contribution is -2.32. The third-order valence-corrected chi connectivity index (χ3v) is 6.07. The molecule has 1 fully saturated rings. The Kier molecular flexibility index (Phi) is 6.72. The average molecular weight is 409 g/mol. The SMILES string of the molecule is C=C(N)N=C/C(=C\N)c1ccc(C(C)(c2noc(C3CCCNC3)n2)C(C)C)cc1. The molecule has 1 aromatic heterocycles. The summed E-state index contributed by atoms with van der Waals surface area (Å²) in [6, 6.07) is 8.21. The van der Waals surface area contributed by atoms with E-state index in [1.807, 2.05) is 12.1 Å². The Bertz CT molecular complexity index is 921. The largest absolute Gasteiger partial charge is 0.404 e. The van der Waals surface area contributed by atoms with Crippen LogP contribution in [0, 0.1) is 5.92 Å². The third kappa shape index (κ3) is 4.46. The predicted octanol–water partition coefficient (Wildman–Crippen LogP) is 3.30. The Morgan fingerprint density at radius 1 is 1.37 bits per heavy atom. The molecule has 7 heteroatoms. The molecule has 0 amide bonds. The van der Waals surface area contributed by atoms with Crippen molar-refractivity contribution in [1.82, 2.24) is 15.5 Å². The summed E-state index contributed by atoms with van der Waals surface area (Å²) in [6.07, 6.45) is 5.32. The molecule has 0 spiro atoms. The molecule has 7 nitrogen and oxygen atoms in total. The number of benzene rings is 1. The quantitative estimate of drug-likeness (QED) is 0.606. The van der Waals surface area contributed by atoms with E-state index in [0.29, 0.717) is 0 Å². The number of rotatable bonds is 7. The number of nitrogens with one attached hydrogen (secondary N) is 1. The van der Waals surface area contributed by atoms with E-state index < -0.39 is 0 Å². The van der Waals surface area contributed by atoms with Gasteiger partial charge in [-0.1, -0.05) is 49.8 Å². The van der Waals surface area contributed by atoms with E-state index in [1.165, 1.54) is 6.20 Å². The molecule has 1 saturated heterocycles. The summed E-state index contributed by atoms with van der Waals surface area (Å²) in [4.78, 5) is 8.87. The van der Waals surface area contributed by atoms with Crippen molar-refractivity contribution in [2.24, 2.45) is 22.4 Å². The van der Waals surface area contributed by atoms with Gasteiger partial charge in [-0.2, -0.15) is 4.98 Å². The van der Waals surface area contributed by atoms with Crippen molar-refractivity contribution in [3.8, 4) is 0 Å². The van der Waals surface area contributed by atoms with E-state index in [2.05, 4.69) is 54.9 Å². The lowest BCUT2D eigenvalue weighted by Gasteiger charge is -2.31. The maximum Gasteiger partial charge on any atom is 0.231 e. The van der Waals surface area contributed by atoms with Gasteiger partial charge in [-0.25, -0.2) is 4.99 Å². The zero-order valence-corrected chi connectivity index (χ0v) is 18.1. The maximum absolute atomic E-state index is 5.77. The fourth-order valence-electron chi connectivity index (χ4n) is 3.77. The Morgan fingerprint density at radius 3 is 2.67 bits per heavy atom. The lowest BCUT2D eigenvalue weighted by molar-refractivity contribution is 0.309. The highest BCUT2D eigenvalue weighted by molar-refractivity contribution is 6.09. The summed E-state index contributed by atoms with van der Waals surface area (Å²) in [5.74, 6) is 2.24. The Hall–Kier alpha value is -2.93. The van der Waals surface area contributed by atoms with Crippen molar-refractivity contribution in [3.63, 3.8) is 0 Å². The van der Waals surface area contributed by atoms with Crippen LogP contribution in [-0.2, 0) is 5.41 Å². The molecule has 1 aromatic carbocycles. The number of hydrogen-bond donors (Lipinski definition) is 3. The van der Waals surface area contributed by atoms with E-state index in [1.54, 1.807) is 6.21 Å². The van der Waals surface area contributed by atoms with E-state index >= 15 is 0 Å². The highest BCUT2D eigenvalue weighted by Crippen LogP contribution is 2.38. The minimum absolute atomic E-state index is 0.236. The monoisotopic (exact) mass is 408 g/mol. The molecule has 5 N–H and O–H groups in total. The number of aromatic nitrogens is 2. The first-order valence-electron chi connectivity index (χ1n) is 10.4. The molecular weight excluding hydrogens is 376 g/mol. The maximum atomic E-state index is 5.77. The van der Waals surface area contributed by atoms with E-state index in [9.17, 15) is 0 Å². The fourth-order valence-corrected chi connectivity index (χ4v) is 3.77. The standard InChI is InChI=1S/C23H32N6O/c1-15(2)23(4,22-28-21(30-29-22)18-6-5-11-26-13-18)20-9-7-17(8-10-20)19(12-24)14-27-16(3)25/h7-10,12,14-15,18,26H,3,5-6,11,13,24-25H2,1-2,4H3/b19-12+,27-14?. The molecule has 1 aliphatic heterocycles. The number of aliphatic imine (C=N–C) groups is 1. The minimum atomic E-state index is -0.380. The predicted molar refractivity (Wildman–Crippen MR) is 121 cm³/mol. The van der Waals surface area contributed by atoms with Crippen LogP contribution in [0.1, 0.15) is 62.4 Å². The molecule has 2 heterocycles. The van der Waals surface area contributed by atoms with Gasteiger partial charge in [0.2, 0.25) is 5.89 Å². The van der Waals surface area contributed by atoms with Gasteiger partial charge in [0.15, 0.2) is 5.82 Å².